The molecule has 0 aliphatic rings. The number of pyridine rings is 1. The van der Waals surface area contributed by atoms with E-state index in [1.165, 1.54) is 0 Å². The molecular formula is C13H10Cl3N. The van der Waals surface area contributed by atoms with Crippen LogP contribution < -0.4 is 0 Å². The molecule has 0 amide bonds. The Kier molecular flexibility index (Phi) is 5.49. The first-order valence-electron chi connectivity index (χ1n) is 4.79. The Labute approximate surface area is 117 Å². The van der Waals surface area contributed by atoms with Crippen LogP contribution in [0.4, 0.5) is 0 Å². The monoisotopic (exact) mass is 285 g/mol. The molecule has 1 heterocycles. The molecule has 0 saturated heterocycles. The first kappa shape index (κ1) is 14.0. The minimum absolute atomic E-state index is 0. The highest BCUT2D eigenvalue weighted by Gasteiger charge is 1.96. The summed E-state index contributed by atoms with van der Waals surface area (Å²) in [4.78, 5) is 3.95. The highest BCUT2D eigenvalue weighted by atomic mass is 35.5. The van der Waals surface area contributed by atoms with Gasteiger partial charge in [0, 0.05) is 12.4 Å². The highest BCUT2D eigenvalue weighted by molar-refractivity contribution is 6.42. The van der Waals surface area contributed by atoms with Gasteiger partial charge < -0.3 is 0 Å². The van der Waals surface area contributed by atoms with Crippen molar-refractivity contribution in [1.29, 1.82) is 0 Å². The Hall–Kier alpha value is -1.02. The zero-order valence-corrected chi connectivity index (χ0v) is 11.1. The fraction of sp³-hybridized carbons (Fsp3) is 0. The van der Waals surface area contributed by atoms with Crippen LogP contribution in [0.2, 0.25) is 10.0 Å². The second-order valence-corrected chi connectivity index (χ2v) is 4.10. The standard InChI is InChI=1S/C13H9Cl2N.ClH/c14-12-4-3-11(9-13(12)15)2-1-10-5-7-16-8-6-10;/h1-9H;1H. The van der Waals surface area contributed by atoms with Gasteiger partial charge in [-0.1, -0.05) is 41.4 Å². The van der Waals surface area contributed by atoms with Crippen LogP contribution >= 0.6 is 35.6 Å². The number of benzene rings is 1. The number of hydrogen-bond donors (Lipinski definition) is 0. The van der Waals surface area contributed by atoms with Crippen LogP contribution in [0.1, 0.15) is 11.1 Å². The second kappa shape index (κ2) is 6.65. The molecule has 0 saturated carbocycles. The summed E-state index contributed by atoms with van der Waals surface area (Å²) in [5.74, 6) is 0. The molecule has 0 aliphatic carbocycles. The van der Waals surface area contributed by atoms with Crippen molar-refractivity contribution in [1.82, 2.24) is 4.98 Å². The van der Waals surface area contributed by atoms with Crippen LogP contribution in [0.25, 0.3) is 12.2 Å². The van der Waals surface area contributed by atoms with Gasteiger partial charge in [-0.15, -0.1) is 12.4 Å². The van der Waals surface area contributed by atoms with E-state index in [0.29, 0.717) is 10.0 Å². The smallest absolute Gasteiger partial charge is 0.0598 e. The Morgan fingerprint density at radius 2 is 1.47 bits per heavy atom. The van der Waals surface area contributed by atoms with Crippen LogP contribution in [0.3, 0.4) is 0 Å². The average Bonchev–Trinajstić information content (AvgIpc) is 2.32. The number of nitrogens with zero attached hydrogens (tertiary/aromatic N) is 1. The van der Waals surface area contributed by atoms with E-state index in [4.69, 9.17) is 23.2 Å². The van der Waals surface area contributed by atoms with Gasteiger partial charge in [0.2, 0.25) is 0 Å². The zero-order chi connectivity index (χ0) is 11.4. The van der Waals surface area contributed by atoms with Crippen molar-refractivity contribution in [2.75, 3.05) is 0 Å². The summed E-state index contributed by atoms with van der Waals surface area (Å²) in [5, 5.41) is 1.14. The van der Waals surface area contributed by atoms with Crippen LogP contribution in [-0.2, 0) is 0 Å². The predicted octanol–water partition coefficient (Wildman–Crippen LogP) is 4.98. The van der Waals surface area contributed by atoms with Gasteiger partial charge in [0.15, 0.2) is 0 Å². The quantitative estimate of drug-likeness (QED) is 0.758. The molecule has 0 unspecified atom stereocenters. The van der Waals surface area contributed by atoms with Gasteiger partial charge in [-0.2, -0.15) is 0 Å². The van der Waals surface area contributed by atoms with Gasteiger partial charge >= 0.3 is 0 Å². The van der Waals surface area contributed by atoms with Crippen LogP contribution in [0.15, 0.2) is 42.7 Å². The molecule has 0 atom stereocenters. The van der Waals surface area contributed by atoms with Gasteiger partial charge in [-0.3, -0.25) is 4.98 Å². The SMILES string of the molecule is Cl.Clc1ccc(C=Cc2ccncc2)cc1Cl. The van der Waals surface area contributed by atoms with E-state index < -0.39 is 0 Å². The van der Waals surface area contributed by atoms with Crippen molar-refractivity contribution < 1.29 is 0 Å². The van der Waals surface area contributed by atoms with E-state index >= 15 is 0 Å². The van der Waals surface area contributed by atoms with E-state index in [2.05, 4.69) is 4.98 Å². The predicted molar refractivity (Wildman–Crippen MR) is 76.9 cm³/mol. The Bertz CT molecular complexity index is 509. The molecule has 4 heteroatoms. The number of aromatic nitrogens is 1. The lowest BCUT2D eigenvalue weighted by atomic mass is 10.1. The maximum atomic E-state index is 5.92. The molecule has 2 rings (SSSR count). The molecule has 1 nitrogen and oxygen atoms in total. The summed E-state index contributed by atoms with van der Waals surface area (Å²) in [6, 6.07) is 9.42. The topological polar surface area (TPSA) is 12.9 Å². The molecule has 0 aliphatic heterocycles. The summed E-state index contributed by atoms with van der Waals surface area (Å²) < 4.78 is 0. The Morgan fingerprint density at radius 1 is 0.824 bits per heavy atom. The molecule has 17 heavy (non-hydrogen) atoms. The molecule has 1 aromatic heterocycles. The van der Waals surface area contributed by atoms with Gasteiger partial charge in [-0.25, -0.2) is 0 Å². The average molecular weight is 287 g/mol. The summed E-state index contributed by atoms with van der Waals surface area (Å²) >= 11 is 11.8. The number of halogens is 3. The van der Waals surface area contributed by atoms with Crippen molar-refractivity contribution in [2.24, 2.45) is 0 Å². The van der Waals surface area contributed by atoms with E-state index in [-0.39, 0.29) is 12.4 Å². The molecule has 0 bridgehead atoms. The van der Waals surface area contributed by atoms with Crippen molar-refractivity contribution in [3.05, 3.63) is 63.9 Å². The molecule has 0 radical (unpaired) electrons. The minimum atomic E-state index is 0. The van der Waals surface area contributed by atoms with Crippen molar-refractivity contribution in [2.45, 2.75) is 0 Å². The first-order valence-corrected chi connectivity index (χ1v) is 5.54. The molecule has 2 aromatic rings. The molecule has 0 spiro atoms. The summed E-state index contributed by atoms with van der Waals surface area (Å²) in [6.07, 6.45) is 7.50. The molecule has 1 aromatic carbocycles. The lowest BCUT2D eigenvalue weighted by molar-refractivity contribution is 1.32. The van der Waals surface area contributed by atoms with Crippen molar-refractivity contribution >= 4 is 47.8 Å². The second-order valence-electron chi connectivity index (χ2n) is 3.29. The molecule has 0 N–H and O–H groups in total. The number of hydrogen-bond acceptors (Lipinski definition) is 1. The molecule has 88 valence electrons. The third-order valence-corrected chi connectivity index (χ3v) is 2.86. The van der Waals surface area contributed by atoms with E-state index in [9.17, 15) is 0 Å². The molecule has 0 fully saturated rings. The van der Waals surface area contributed by atoms with Gasteiger partial charge in [0.25, 0.3) is 0 Å². The maximum absolute atomic E-state index is 5.92. The van der Waals surface area contributed by atoms with E-state index in [1.807, 2.05) is 36.4 Å². The van der Waals surface area contributed by atoms with Crippen LogP contribution in [0.5, 0.6) is 0 Å². The lowest BCUT2D eigenvalue weighted by Crippen LogP contribution is -1.75. The Morgan fingerprint density at radius 3 is 2.12 bits per heavy atom. The molecular weight excluding hydrogens is 277 g/mol. The summed E-state index contributed by atoms with van der Waals surface area (Å²) in [6.45, 7) is 0. The fourth-order valence-corrected chi connectivity index (χ4v) is 1.59. The van der Waals surface area contributed by atoms with Crippen LogP contribution in [-0.4, -0.2) is 4.98 Å². The lowest BCUT2D eigenvalue weighted by Gasteiger charge is -1.97. The van der Waals surface area contributed by atoms with Crippen molar-refractivity contribution in [3.63, 3.8) is 0 Å². The maximum Gasteiger partial charge on any atom is 0.0598 e. The largest absolute Gasteiger partial charge is 0.265 e. The Balaban J connectivity index is 0.00000144. The van der Waals surface area contributed by atoms with Gasteiger partial charge in [0.05, 0.1) is 10.0 Å². The van der Waals surface area contributed by atoms with Crippen LogP contribution in [0, 0.1) is 0 Å². The first-order chi connectivity index (χ1) is 7.75. The minimum Gasteiger partial charge on any atom is -0.265 e. The summed E-state index contributed by atoms with van der Waals surface area (Å²) in [5.41, 5.74) is 2.12. The normalized spacial score (nSPS) is 10.2. The van der Waals surface area contributed by atoms with E-state index in [1.54, 1.807) is 18.5 Å². The highest BCUT2D eigenvalue weighted by Crippen LogP contribution is 2.23. The van der Waals surface area contributed by atoms with Gasteiger partial charge in [0.1, 0.15) is 0 Å². The fourth-order valence-electron chi connectivity index (χ4n) is 1.28. The van der Waals surface area contributed by atoms with E-state index in [0.717, 1.165) is 11.1 Å². The third kappa shape index (κ3) is 4.04. The zero-order valence-electron chi connectivity index (χ0n) is 8.81. The van der Waals surface area contributed by atoms with Gasteiger partial charge in [-0.05, 0) is 35.4 Å². The third-order valence-electron chi connectivity index (χ3n) is 2.12. The van der Waals surface area contributed by atoms with Crippen molar-refractivity contribution in [3.8, 4) is 0 Å². The summed E-state index contributed by atoms with van der Waals surface area (Å²) in [7, 11) is 0. The number of rotatable bonds is 2.